The molecule has 0 saturated carbocycles. The lowest BCUT2D eigenvalue weighted by atomic mass is 9.84. The highest BCUT2D eigenvalue weighted by atomic mass is 16.5. The summed E-state index contributed by atoms with van der Waals surface area (Å²) < 4.78 is 4.66. The average Bonchev–Trinajstić information content (AvgIpc) is 2.55. The van der Waals surface area contributed by atoms with Crippen LogP contribution in [0.25, 0.3) is 0 Å². The van der Waals surface area contributed by atoms with Gasteiger partial charge in [-0.05, 0) is 50.9 Å². The molecule has 0 aromatic carbocycles. The molecule has 0 bridgehead atoms. The van der Waals surface area contributed by atoms with Crippen LogP contribution >= 0.6 is 0 Å². The zero-order valence-corrected chi connectivity index (χ0v) is 15.0. The van der Waals surface area contributed by atoms with Crippen LogP contribution in [0, 0.1) is 17.8 Å². The summed E-state index contributed by atoms with van der Waals surface area (Å²) in [7, 11) is 1.31. The number of ether oxygens (including phenoxy) is 1. The first kappa shape index (κ1) is 21.9. The van der Waals surface area contributed by atoms with Crippen molar-refractivity contribution >= 4 is 11.7 Å². The topological polar surface area (TPSA) is 99.4 Å². The summed E-state index contributed by atoms with van der Waals surface area (Å²) in [6.45, 7) is 7.39. The molecule has 0 unspecified atom stereocenters. The fraction of sp³-hybridized carbons (Fsp3) is 0.882. The smallest absolute Gasteiger partial charge is 0.311 e. The second-order valence-electron chi connectivity index (χ2n) is 6.46. The van der Waals surface area contributed by atoms with Gasteiger partial charge in [0.2, 0.25) is 0 Å². The second kappa shape index (κ2) is 11.4. The van der Waals surface area contributed by atoms with Gasteiger partial charge < -0.3 is 20.2 Å². The molecule has 5 atom stereocenters. The summed E-state index contributed by atoms with van der Waals surface area (Å²) >= 11 is 0. The van der Waals surface area contributed by atoms with E-state index >= 15 is 0 Å². The van der Waals surface area contributed by atoms with Gasteiger partial charge in [-0.3, -0.25) is 4.79 Å². The van der Waals surface area contributed by atoms with E-state index in [4.69, 9.17) is 0 Å². The second-order valence-corrected chi connectivity index (χ2v) is 6.46. The molecule has 0 aliphatic heterocycles. The summed E-state index contributed by atoms with van der Waals surface area (Å²) in [5.74, 6) is -1.15. The van der Waals surface area contributed by atoms with Gasteiger partial charge in [-0.1, -0.05) is 25.9 Å². The van der Waals surface area contributed by atoms with Crippen molar-refractivity contribution in [1.29, 1.82) is 0 Å². The number of carbonyl (C=O) groups is 1. The summed E-state index contributed by atoms with van der Waals surface area (Å²) in [5, 5.41) is 32.4. The van der Waals surface area contributed by atoms with Crippen LogP contribution in [0.3, 0.4) is 0 Å². The molecular formula is C17H33NO5. The lowest BCUT2D eigenvalue weighted by Crippen LogP contribution is -2.33. The highest BCUT2D eigenvalue weighted by Crippen LogP contribution is 2.23. The number of rotatable bonds is 11. The molecule has 0 spiro atoms. The van der Waals surface area contributed by atoms with E-state index in [1.807, 2.05) is 20.8 Å². The van der Waals surface area contributed by atoms with Crippen molar-refractivity contribution in [2.45, 2.75) is 72.0 Å². The number of nitrogens with zero attached hydrogens (tertiary/aromatic N) is 1. The van der Waals surface area contributed by atoms with Crippen LogP contribution in [0.1, 0.15) is 59.8 Å². The van der Waals surface area contributed by atoms with Gasteiger partial charge >= 0.3 is 5.97 Å². The van der Waals surface area contributed by atoms with E-state index in [0.717, 1.165) is 12.8 Å². The summed E-state index contributed by atoms with van der Waals surface area (Å²) in [5.41, 5.74) is 0.665. The molecule has 0 heterocycles. The molecule has 0 aromatic rings. The monoisotopic (exact) mass is 331 g/mol. The third kappa shape index (κ3) is 7.79. The van der Waals surface area contributed by atoms with Gasteiger partial charge in [-0.25, -0.2) is 0 Å². The molecule has 6 heteroatoms. The fourth-order valence-corrected chi connectivity index (χ4v) is 2.77. The molecule has 0 aromatic heterocycles. The highest BCUT2D eigenvalue weighted by molar-refractivity contribution is 5.85. The zero-order chi connectivity index (χ0) is 18.0. The van der Waals surface area contributed by atoms with E-state index in [1.165, 1.54) is 7.11 Å². The van der Waals surface area contributed by atoms with E-state index in [1.54, 1.807) is 6.92 Å². The lowest BCUT2D eigenvalue weighted by molar-refractivity contribution is -0.149. The fourth-order valence-electron chi connectivity index (χ4n) is 2.77. The Balaban J connectivity index is 4.46. The molecule has 6 nitrogen and oxygen atoms in total. The van der Waals surface area contributed by atoms with Crippen LogP contribution in [-0.4, -0.2) is 46.4 Å². The minimum atomic E-state index is -0.799. The molecule has 23 heavy (non-hydrogen) atoms. The van der Waals surface area contributed by atoms with Crippen LogP contribution < -0.4 is 0 Å². The van der Waals surface area contributed by atoms with Crippen LogP contribution in [0.4, 0.5) is 0 Å². The molecule has 0 aliphatic carbocycles. The van der Waals surface area contributed by atoms with Crippen molar-refractivity contribution in [3.8, 4) is 0 Å². The largest absolute Gasteiger partial charge is 0.469 e. The maximum absolute atomic E-state index is 11.5. The van der Waals surface area contributed by atoms with Crippen molar-refractivity contribution in [1.82, 2.24) is 0 Å². The molecule has 3 N–H and O–H groups in total. The van der Waals surface area contributed by atoms with Crippen molar-refractivity contribution < 1.29 is 25.0 Å². The van der Waals surface area contributed by atoms with Crippen molar-refractivity contribution in [3.63, 3.8) is 0 Å². The van der Waals surface area contributed by atoms with Gasteiger partial charge in [-0.15, -0.1) is 0 Å². The number of oxime groups is 1. The molecule has 0 amide bonds. The number of methoxy groups -OCH3 is 1. The number of hydrogen-bond donors (Lipinski definition) is 3. The summed E-state index contributed by atoms with van der Waals surface area (Å²) in [6, 6.07) is 0. The standard InChI is InChI=1S/C17H33NO5/c1-6-14(19)8-7-9-15(18-22)11(2)10-12(3)16(20)13(4)17(21)23-5/h11-14,16,19-20,22H,6-10H2,1-5H3/t11-,12-,13+,14-,16-/m0/s1. The highest BCUT2D eigenvalue weighted by Gasteiger charge is 2.29. The van der Waals surface area contributed by atoms with E-state index in [2.05, 4.69) is 9.89 Å². The van der Waals surface area contributed by atoms with Crippen LogP contribution in [-0.2, 0) is 9.53 Å². The number of carbonyl (C=O) groups excluding carboxylic acids is 1. The molecule has 0 fully saturated rings. The Morgan fingerprint density at radius 2 is 1.83 bits per heavy atom. The molecule has 0 radical (unpaired) electrons. The summed E-state index contributed by atoms with van der Waals surface area (Å²) in [6.07, 6.45) is 2.27. The number of aliphatic hydroxyl groups excluding tert-OH is 2. The Labute approximate surface area is 139 Å². The minimum Gasteiger partial charge on any atom is -0.469 e. The van der Waals surface area contributed by atoms with Gasteiger partial charge in [0, 0.05) is 0 Å². The maximum atomic E-state index is 11.5. The normalized spacial score (nSPS) is 18.8. The maximum Gasteiger partial charge on any atom is 0.311 e. The van der Waals surface area contributed by atoms with Gasteiger partial charge in [0.05, 0.1) is 30.9 Å². The first-order chi connectivity index (χ1) is 10.8. The number of aliphatic hydroxyl groups is 2. The van der Waals surface area contributed by atoms with E-state index < -0.39 is 18.0 Å². The van der Waals surface area contributed by atoms with Gasteiger partial charge in [0.1, 0.15) is 0 Å². The average molecular weight is 331 g/mol. The lowest BCUT2D eigenvalue weighted by Gasteiger charge is -2.26. The van der Waals surface area contributed by atoms with E-state index in [-0.39, 0.29) is 17.9 Å². The predicted molar refractivity (Wildman–Crippen MR) is 89.5 cm³/mol. The van der Waals surface area contributed by atoms with Crippen LogP contribution in [0.5, 0.6) is 0 Å². The third-order valence-corrected chi connectivity index (χ3v) is 4.53. The van der Waals surface area contributed by atoms with Gasteiger partial charge in [-0.2, -0.15) is 0 Å². The first-order valence-corrected chi connectivity index (χ1v) is 8.43. The van der Waals surface area contributed by atoms with Crippen molar-refractivity contribution in [2.75, 3.05) is 7.11 Å². The molecule has 0 aliphatic rings. The van der Waals surface area contributed by atoms with Crippen LogP contribution in [0.2, 0.25) is 0 Å². The Bertz CT molecular complexity index is 372. The Morgan fingerprint density at radius 1 is 1.22 bits per heavy atom. The van der Waals surface area contributed by atoms with Crippen molar-refractivity contribution in [2.24, 2.45) is 22.9 Å². The van der Waals surface area contributed by atoms with E-state index in [9.17, 15) is 20.2 Å². The predicted octanol–water partition coefficient (Wildman–Crippen LogP) is 2.59. The Hall–Kier alpha value is -1.14. The molecule has 136 valence electrons. The first-order valence-electron chi connectivity index (χ1n) is 8.43. The molecular weight excluding hydrogens is 298 g/mol. The van der Waals surface area contributed by atoms with Gasteiger partial charge in [0.15, 0.2) is 0 Å². The van der Waals surface area contributed by atoms with Crippen molar-refractivity contribution in [3.05, 3.63) is 0 Å². The summed E-state index contributed by atoms with van der Waals surface area (Å²) in [4.78, 5) is 11.5. The minimum absolute atomic E-state index is 0.00623. The molecule has 0 rings (SSSR count). The van der Waals surface area contributed by atoms with Gasteiger partial charge in [0.25, 0.3) is 0 Å². The zero-order valence-electron chi connectivity index (χ0n) is 15.0. The number of hydrogen-bond acceptors (Lipinski definition) is 6. The third-order valence-electron chi connectivity index (χ3n) is 4.53. The van der Waals surface area contributed by atoms with E-state index in [0.29, 0.717) is 25.0 Å². The Kier molecular flexibility index (Phi) is 10.8. The quantitative estimate of drug-likeness (QED) is 0.234. The number of esters is 1. The Morgan fingerprint density at radius 3 is 2.30 bits per heavy atom. The SMILES string of the molecule is CC[C@H](O)CCCC(=NO)[C@@H](C)C[C@H](C)[C@H](O)[C@@H](C)C(=O)OC. The molecule has 0 saturated heterocycles. The van der Waals surface area contributed by atoms with Crippen LogP contribution in [0.15, 0.2) is 5.16 Å².